The van der Waals surface area contributed by atoms with E-state index >= 15 is 0 Å². The van der Waals surface area contributed by atoms with E-state index < -0.39 is 23.7 Å². The third-order valence-corrected chi connectivity index (χ3v) is 3.77. The molecule has 1 fully saturated rings. The Hall–Kier alpha value is -2.48. The van der Waals surface area contributed by atoms with Gasteiger partial charge < -0.3 is 15.4 Å². The highest BCUT2D eigenvalue weighted by molar-refractivity contribution is 5.93. The zero-order chi connectivity index (χ0) is 17.7. The number of nitrogens with zero attached hydrogens (tertiary/aromatic N) is 1. The molecule has 1 heterocycles. The van der Waals surface area contributed by atoms with Crippen LogP contribution >= 0.6 is 0 Å². The van der Waals surface area contributed by atoms with Crippen molar-refractivity contribution in [2.75, 3.05) is 32.1 Å². The molecule has 0 spiro atoms. The number of halogens is 1. The van der Waals surface area contributed by atoms with Gasteiger partial charge in [0, 0.05) is 13.1 Å². The number of ether oxygens (including phenoxy) is 1. The fourth-order valence-electron chi connectivity index (χ4n) is 2.51. The van der Waals surface area contributed by atoms with Gasteiger partial charge in [0.1, 0.15) is 11.9 Å². The number of carbonyl (C=O) groups excluding carboxylic acids is 3. The zero-order valence-electron chi connectivity index (χ0n) is 13.6. The minimum Gasteiger partial charge on any atom is -0.469 e. The van der Waals surface area contributed by atoms with E-state index in [0.717, 1.165) is 5.56 Å². The number of amides is 2. The van der Waals surface area contributed by atoms with Crippen LogP contribution in [0.5, 0.6) is 0 Å². The highest BCUT2D eigenvalue weighted by atomic mass is 19.1. The maximum Gasteiger partial charge on any atom is 0.307 e. The fourth-order valence-corrected chi connectivity index (χ4v) is 2.51. The summed E-state index contributed by atoms with van der Waals surface area (Å²) < 4.78 is 18.4. The van der Waals surface area contributed by atoms with Gasteiger partial charge in [0.2, 0.25) is 11.8 Å². The largest absolute Gasteiger partial charge is 0.469 e. The minimum atomic E-state index is -0.778. The molecule has 1 atom stereocenters. The number of hydrogen-bond donors (Lipinski definition) is 2. The molecule has 0 radical (unpaired) electrons. The summed E-state index contributed by atoms with van der Waals surface area (Å²) in [5.41, 5.74) is 0.827. The monoisotopic (exact) mass is 337 g/mol. The van der Waals surface area contributed by atoms with Crippen molar-refractivity contribution < 1.29 is 23.5 Å². The van der Waals surface area contributed by atoms with Gasteiger partial charge in [-0.05, 0) is 24.6 Å². The summed E-state index contributed by atoms with van der Waals surface area (Å²) >= 11 is 0. The van der Waals surface area contributed by atoms with Gasteiger partial charge in [0.15, 0.2) is 0 Å². The number of carbonyl (C=O) groups is 3. The van der Waals surface area contributed by atoms with Crippen LogP contribution in [0.15, 0.2) is 18.2 Å². The SMILES string of the molecule is COC(=O)C[C@H]1C(=O)NCCN1CC(=O)Nc1ccc(C)cc1F. The van der Waals surface area contributed by atoms with Gasteiger partial charge in [0.05, 0.1) is 25.8 Å². The van der Waals surface area contributed by atoms with Gasteiger partial charge in [0.25, 0.3) is 0 Å². The lowest BCUT2D eigenvalue weighted by Gasteiger charge is -2.33. The Morgan fingerprint density at radius 3 is 2.88 bits per heavy atom. The van der Waals surface area contributed by atoms with Crippen molar-refractivity contribution in [2.45, 2.75) is 19.4 Å². The number of rotatable bonds is 5. The number of piperazine rings is 1. The van der Waals surface area contributed by atoms with Gasteiger partial charge in [-0.3, -0.25) is 19.3 Å². The van der Waals surface area contributed by atoms with Crippen molar-refractivity contribution in [3.63, 3.8) is 0 Å². The van der Waals surface area contributed by atoms with Crippen molar-refractivity contribution >= 4 is 23.5 Å². The molecule has 130 valence electrons. The Morgan fingerprint density at radius 1 is 1.46 bits per heavy atom. The Balaban J connectivity index is 2.02. The molecule has 0 aromatic heterocycles. The maximum atomic E-state index is 13.8. The van der Waals surface area contributed by atoms with Crippen molar-refractivity contribution in [1.82, 2.24) is 10.2 Å². The van der Waals surface area contributed by atoms with Crippen molar-refractivity contribution in [3.8, 4) is 0 Å². The number of nitrogens with one attached hydrogen (secondary N) is 2. The lowest BCUT2D eigenvalue weighted by Crippen LogP contribution is -2.57. The molecule has 0 bridgehead atoms. The molecule has 0 unspecified atom stereocenters. The lowest BCUT2D eigenvalue weighted by atomic mass is 10.1. The average molecular weight is 337 g/mol. The van der Waals surface area contributed by atoms with Crippen LogP contribution in [-0.2, 0) is 19.1 Å². The second-order valence-electron chi connectivity index (χ2n) is 5.59. The second-order valence-corrected chi connectivity index (χ2v) is 5.59. The van der Waals surface area contributed by atoms with Crippen molar-refractivity contribution in [2.24, 2.45) is 0 Å². The highest BCUT2D eigenvalue weighted by Gasteiger charge is 2.33. The predicted molar refractivity (Wildman–Crippen MR) is 84.8 cm³/mol. The first kappa shape index (κ1) is 17.9. The van der Waals surface area contributed by atoms with Gasteiger partial charge >= 0.3 is 5.97 Å². The Morgan fingerprint density at radius 2 is 2.21 bits per heavy atom. The highest BCUT2D eigenvalue weighted by Crippen LogP contribution is 2.16. The van der Waals surface area contributed by atoms with E-state index in [1.54, 1.807) is 17.9 Å². The first-order chi connectivity index (χ1) is 11.4. The maximum absolute atomic E-state index is 13.8. The van der Waals surface area contributed by atoms with Crippen LogP contribution in [0.1, 0.15) is 12.0 Å². The summed E-state index contributed by atoms with van der Waals surface area (Å²) in [6.07, 6.45) is -0.144. The Bertz CT molecular complexity index is 650. The summed E-state index contributed by atoms with van der Waals surface area (Å²) in [6.45, 7) is 2.42. The summed E-state index contributed by atoms with van der Waals surface area (Å²) in [6, 6.07) is 3.72. The molecule has 1 aliphatic heterocycles. The number of methoxy groups -OCH3 is 1. The van der Waals surface area contributed by atoms with E-state index in [2.05, 4.69) is 15.4 Å². The molecular formula is C16H20FN3O4. The molecule has 2 amide bonds. The molecule has 0 saturated carbocycles. The Kier molecular flexibility index (Phi) is 5.86. The van der Waals surface area contributed by atoms with Gasteiger partial charge in [-0.25, -0.2) is 4.39 Å². The van der Waals surface area contributed by atoms with E-state index in [1.807, 2.05) is 0 Å². The number of hydrogen-bond acceptors (Lipinski definition) is 5. The van der Waals surface area contributed by atoms with Crippen molar-refractivity contribution in [1.29, 1.82) is 0 Å². The molecule has 0 aliphatic carbocycles. The van der Waals surface area contributed by atoms with Crippen molar-refractivity contribution in [3.05, 3.63) is 29.6 Å². The molecular weight excluding hydrogens is 317 g/mol. The first-order valence-electron chi connectivity index (χ1n) is 7.55. The predicted octanol–water partition coefficient (Wildman–Crippen LogP) is 0.436. The Labute approximate surface area is 139 Å². The molecule has 1 saturated heterocycles. The third kappa shape index (κ3) is 4.51. The van der Waals surface area contributed by atoms with E-state index in [1.165, 1.54) is 19.2 Å². The van der Waals surface area contributed by atoms with Crippen LogP contribution < -0.4 is 10.6 Å². The van der Waals surface area contributed by atoms with E-state index in [-0.39, 0.29) is 24.6 Å². The molecule has 2 N–H and O–H groups in total. The summed E-state index contributed by atoms with van der Waals surface area (Å²) in [4.78, 5) is 37.1. The van der Waals surface area contributed by atoms with Gasteiger partial charge in [-0.15, -0.1) is 0 Å². The van der Waals surface area contributed by atoms with Crippen LogP contribution in [0.4, 0.5) is 10.1 Å². The molecule has 1 aromatic rings. The van der Waals surface area contributed by atoms with E-state index in [0.29, 0.717) is 13.1 Å². The molecule has 7 nitrogen and oxygen atoms in total. The summed E-state index contributed by atoms with van der Waals surface area (Å²) in [5.74, 6) is -1.85. The minimum absolute atomic E-state index is 0.0802. The molecule has 24 heavy (non-hydrogen) atoms. The molecule has 8 heteroatoms. The van der Waals surface area contributed by atoms with Crippen LogP contribution in [0.3, 0.4) is 0 Å². The van der Waals surface area contributed by atoms with E-state index in [4.69, 9.17) is 0 Å². The molecule has 1 aromatic carbocycles. The van der Waals surface area contributed by atoms with Crippen LogP contribution in [0, 0.1) is 12.7 Å². The molecule has 1 aliphatic rings. The standard InChI is InChI=1S/C16H20FN3O4/c1-10-3-4-12(11(17)7-10)19-14(21)9-20-6-5-18-16(23)13(20)8-15(22)24-2/h3-4,7,13H,5-6,8-9H2,1-2H3,(H,18,23)(H,19,21)/t13-/m0/s1. The van der Waals surface area contributed by atoms with Gasteiger partial charge in [-0.2, -0.15) is 0 Å². The molecule has 2 rings (SSSR count). The summed E-state index contributed by atoms with van der Waals surface area (Å²) in [5, 5.41) is 5.13. The fraction of sp³-hybridized carbons (Fsp3) is 0.438. The number of anilines is 1. The third-order valence-electron chi connectivity index (χ3n) is 3.77. The summed E-state index contributed by atoms with van der Waals surface area (Å²) in [7, 11) is 1.24. The quantitative estimate of drug-likeness (QED) is 0.761. The number of esters is 1. The van der Waals surface area contributed by atoms with Crippen LogP contribution in [0.25, 0.3) is 0 Å². The first-order valence-corrected chi connectivity index (χ1v) is 7.55. The number of aryl methyl sites for hydroxylation is 1. The smallest absolute Gasteiger partial charge is 0.307 e. The normalized spacial score (nSPS) is 18.0. The van der Waals surface area contributed by atoms with E-state index in [9.17, 15) is 18.8 Å². The number of benzene rings is 1. The lowest BCUT2D eigenvalue weighted by molar-refractivity contribution is -0.146. The average Bonchev–Trinajstić information content (AvgIpc) is 2.53. The van der Waals surface area contributed by atoms with Gasteiger partial charge in [-0.1, -0.05) is 6.07 Å². The second kappa shape index (κ2) is 7.87. The van der Waals surface area contributed by atoms with Crippen LogP contribution in [-0.4, -0.2) is 55.5 Å². The topological polar surface area (TPSA) is 87.7 Å². The van der Waals surface area contributed by atoms with Crippen LogP contribution in [0.2, 0.25) is 0 Å². The zero-order valence-corrected chi connectivity index (χ0v) is 13.6.